The molecule has 0 aromatic carbocycles. The number of H-pyrrole nitrogens is 1. The molecule has 1 amide bonds. The van der Waals surface area contributed by atoms with Gasteiger partial charge in [-0.1, -0.05) is 6.92 Å². The largest absolute Gasteiger partial charge is 0.348 e. The number of hydrogen-bond acceptors (Lipinski definition) is 4. The van der Waals surface area contributed by atoms with Gasteiger partial charge in [-0.3, -0.25) is 9.89 Å². The minimum Gasteiger partial charge on any atom is -0.348 e. The molecule has 1 aliphatic heterocycles. The second-order valence-corrected chi connectivity index (χ2v) is 6.21. The maximum Gasteiger partial charge on any atom is 0.272 e. The van der Waals surface area contributed by atoms with E-state index in [4.69, 9.17) is 0 Å². The molecule has 2 rings (SSSR count). The van der Waals surface area contributed by atoms with E-state index in [1.165, 1.54) is 0 Å². The second kappa shape index (κ2) is 8.54. The van der Waals surface area contributed by atoms with Gasteiger partial charge in [0.1, 0.15) is 0 Å². The molecule has 5 nitrogen and oxygen atoms in total. The fourth-order valence-electron chi connectivity index (χ4n) is 2.18. The summed E-state index contributed by atoms with van der Waals surface area (Å²) < 4.78 is 0. The van der Waals surface area contributed by atoms with Crippen molar-refractivity contribution < 1.29 is 4.79 Å². The van der Waals surface area contributed by atoms with Gasteiger partial charge >= 0.3 is 0 Å². The zero-order valence-corrected chi connectivity index (χ0v) is 13.6. The molecule has 0 saturated carbocycles. The smallest absolute Gasteiger partial charge is 0.272 e. The molecular formula is C13H23ClN4OS. The summed E-state index contributed by atoms with van der Waals surface area (Å²) in [5.41, 5.74) is 2.68. The number of aromatic nitrogens is 2. The van der Waals surface area contributed by atoms with Crippen LogP contribution in [0.5, 0.6) is 0 Å². The first-order valence-electron chi connectivity index (χ1n) is 6.87. The van der Waals surface area contributed by atoms with E-state index in [1.54, 1.807) is 0 Å². The fraction of sp³-hybridized carbons (Fsp3) is 0.692. The summed E-state index contributed by atoms with van der Waals surface area (Å²) in [6.45, 7) is 5.87. The monoisotopic (exact) mass is 318 g/mol. The summed E-state index contributed by atoms with van der Waals surface area (Å²) in [5, 5.41) is 13.4. The number of halogens is 1. The summed E-state index contributed by atoms with van der Waals surface area (Å²) in [6.07, 6.45) is 1.91. The van der Waals surface area contributed by atoms with Crippen molar-refractivity contribution in [2.75, 3.05) is 18.1 Å². The Hall–Kier alpha value is -0.720. The zero-order chi connectivity index (χ0) is 13.7. The predicted molar refractivity (Wildman–Crippen MR) is 85.8 cm³/mol. The minimum absolute atomic E-state index is 0. The van der Waals surface area contributed by atoms with Gasteiger partial charge in [0.25, 0.3) is 5.91 Å². The summed E-state index contributed by atoms with van der Waals surface area (Å²) in [7, 11) is 0. The van der Waals surface area contributed by atoms with Crippen LogP contribution in [0.25, 0.3) is 0 Å². The van der Waals surface area contributed by atoms with Crippen LogP contribution in [-0.4, -0.2) is 40.2 Å². The van der Waals surface area contributed by atoms with Gasteiger partial charge in [0.15, 0.2) is 5.69 Å². The molecule has 1 atom stereocenters. The summed E-state index contributed by atoms with van der Waals surface area (Å²) >= 11 is 1.90. The number of nitrogens with one attached hydrogen (secondary N) is 3. The lowest BCUT2D eigenvalue weighted by Gasteiger charge is -2.15. The lowest BCUT2D eigenvalue weighted by Crippen LogP contribution is -2.34. The van der Waals surface area contributed by atoms with Crippen LogP contribution >= 0.6 is 24.2 Å². The Labute approximate surface area is 130 Å². The van der Waals surface area contributed by atoms with Crippen LogP contribution in [0.2, 0.25) is 0 Å². The first-order chi connectivity index (χ1) is 9.22. The van der Waals surface area contributed by atoms with Gasteiger partial charge in [-0.15, -0.1) is 12.4 Å². The second-order valence-electron chi connectivity index (χ2n) is 4.82. The van der Waals surface area contributed by atoms with Crippen LogP contribution in [0.1, 0.15) is 42.0 Å². The van der Waals surface area contributed by atoms with Crippen LogP contribution in [0.15, 0.2) is 0 Å². The Kier molecular flexibility index (Phi) is 7.40. The Bertz CT molecular complexity index is 438. The van der Waals surface area contributed by atoms with Gasteiger partial charge in [0.2, 0.25) is 0 Å². The highest BCUT2D eigenvalue weighted by atomic mass is 35.5. The van der Waals surface area contributed by atoms with Gasteiger partial charge in [-0.25, -0.2) is 0 Å². The highest BCUT2D eigenvalue weighted by Gasteiger charge is 2.22. The van der Waals surface area contributed by atoms with Crippen molar-refractivity contribution in [2.45, 2.75) is 39.3 Å². The Balaban J connectivity index is 0.00000200. The van der Waals surface area contributed by atoms with Crippen molar-refractivity contribution in [1.82, 2.24) is 20.8 Å². The molecule has 0 saturated heterocycles. The normalized spacial score (nSPS) is 15.1. The third-order valence-electron chi connectivity index (χ3n) is 3.30. The standard InChI is InChI=1S/C13H22N4OS.ClH/c1-3-19-7-5-9(2)15-13(18)12-10-8-14-6-4-11(10)16-17-12;/h9,14H,3-8H2,1-2H3,(H,15,18)(H,16,17);1H. The molecular weight excluding hydrogens is 296 g/mol. The number of amides is 1. The zero-order valence-electron chi connectivity index (χ0n) is 12.0. The highest BCUT2D eigenvalue weighted by molar-refractivity contribution is 7.99. The molecule has 0 fully saturated rings. The number of rotatable bonds is 6. The lowest BCUT2D eigenvalue weighted by molar-refractivity contribution is 0.0933. The number of carbonyl (C=O) groups is 1. The third-order valence-corrected chi connectivity index (χ3v) is 4.23. The Morgan fingerprint density at radius 1 is 1.55 bits per heavy atom. The van der Waals surface area contributed by atoms with E-state index in [9.17, 15) is 4.79 Å². The molecule has 20 heavy (non-hydrogen) atoms. The average Bonchev–Trinajstić information content (AvgIpc) is 2.83. The van der Waals surface area contributed by atoms with Crippen LogP contribution in [0.3, 0.4) is 0 Å². The third kappa shape index (κ3) is 4.40. The molecule has 3 N–H and O–H groups in total. The molecule has 0 aliphatic carbocycles. The van der Waals surface area contributed by atoms with Crippen molar-refractivity contribution in [3.63, 3.8) is 0 Å². The van der Waals surface area contributed by atoms with Gasteiger partial charge in [0, 0.05) is 36.8 Å². The van der Waals surface area contributed by atoms with Crippen LogP contribution in [0, 0.1) is 0 Å². The number of carbonyl (C=O) groups excluding carboxylic acids is 1. The van der Waals surface area contributed by atoms with E-state index in [0.29, 0.717) is 5.69 Å². The van der Waals surface area contributed by atoms with Gasteiger partial charge < -0.3 is 10.6 Å². The van der Waals surface area contributed by atoms with Gasteiger partial charge in [-0.2, -0.15) is 16.9 Å². The maximum absolute atomic E-state index is 12.2. The highest BCUT2D eigenvalue weighted by Crippen LogP contribution is 2.15. The minimum atomic E-state index is -0.0600. The van der Waals surface area contributed by atoms with Crippen LogP contribution < -0.4 is 10.6 Å². The summed E-state index contributed by atoms with van der Waals surface area (Å²) in [4.78, 5) is 12.2. The summed E-state index contributed by atoms with van der Waals surface area (Å²) in [6, 6.07) is 0.190. The number of hydrogen-bond donors (Lipinski definition) is 3. The quantitative estimate of drug-likeness (QED) is 0.699. The number of aromatic amines is 1. The number of fused-ring (bicyclic) bond motifs is 1. The van der Waals surface area contributed by atoms with Crippen molar-refractivity contribution in [3.05, 3.63) is 17.0 Å². The van der Waals surface area contributed by atoms with Crippen molar-refractivity contribution in [2.24, 2.45) is 0 Å². The molecule has 1 aliphatic rings. The van der Waals surface area contributed by atoms with E-state index < -0.39 is 0 Å². The average molecular weight is 319 g/mol. The fourth-order valence-corrected chi connectivity index (χ4v) is 2.99. The topological polar surface area (TPSA) is 69.8 Å². The Morgan fingerprint density at radius 3 is 3.10 bits per heavy atom. The number of thioether (sulfide) groups is 1. The molecule has 1 unspecified atom stereocenters. The lowest BCUT2D eigenvalue weighted by atomic mass is 10.1. The molecule has 7 heteroatoms. The van der Waals surface area contributed by atoms with E-state index in [-0.39, 0.29) is 24.4 Å². The first kappa shape index (κ1) is 17.3. The first-order valence-corrected chi connectivity index (χ1v) is 8.03. The Morgan fingerprint density at radius 2 is 2.35 bits per heavy atom. The van der Waals surface area contributed by atoms with E-state index in [0.717, 1.165) is 48.7 Å². The number of nitrogens with zero attached hydrogens (tertiary/aromatic N) is 1. The van der Waals surface area contributed by atoms with Crippen LogP contribution in [-0.2, 0) is 13.0 Å². The molecule has 2 heterocycles. The van der Waals surface area contributed by atoms with Gasteiger partial charge in [-0.05, 0) is 24.9 Å². The molecule has 114 valence electrons. The molecule has 0 spiro atoms. The van der Waals surface area contributed by atoms with Crippen molar-refractivity contribution >= 4 is 30.1 Å². The van der Waals surface area contributed by atoms with Crippen molar-refractivity contribution in [1.29, 1.82) is 0 Å². The molecule has 1 aromatic rings. The molecule has 0 bridgehead atoms. The SMILES string of the molecule is CCSCCC(C)NC(=O)c1n[nH]c2c1CNCC2.Cl. The van der Waals surface area contributed by atoms with E-state index in [2.05, 4.69) is 27.8 Å². The van der Waals surface area contributed by atoms with Crippen LogP contribution in [0.4, 0.5) is 0 Å². The molecule has 0 radical (unpaired) electrons. The predicted octanol–water partition coefficient (Wildman–Crippen LogP) is 1.74. The maximum atomic E-state index is 12.2. The van der Waals surface area contributed by atoms with Crippen molar-refractivity contribution in [3.8, 4) is 0 Å². The summed E-state index contributed by atoms with van der Waals surface area (Å²) in [5.74, 6) is 2.15. The van der Waals surface area contributed by atoms with E-state index >= 15 is 0 Å². The van der Waals surface area contributed by atoms with E-state index in [1.807, 2.05) is 18.7 Å². The molecule has 1 aromatic heterocycles. The van der Waals surface area contributed by atoms with Gasteiger partial charge in [0.05, 0.1) is 0 Å².